The average molecular weight is 562 g/mol. The second kappa shape index (κ2) is 13.0. The Morgan fingerprint density at radius 1 is 1.05 bits per heavy atom. The molecule has 3 aromatic rings. The number of amides is 3. The summed E-state index contributed by atoms with van der Waals surface area (Å²) in [5.74, 6) is -0.775. The van der Waals surface area contributed by atoms with Gasteiger partial charge in [-0.05, 0) is 82.7 Å². The summed E-state index contributed by atoms with van der Waals surface area (Å²) in [6.07, 6.45) is 7.18. The fourth-order valence-corrected chi connectivity index (χ4v) is 5.20. The molecule has 0 saturated heterocycles. The topological polar surface area (TPSA) is 135 Å². The zero-order valence-electron chi connectivity index (χ0n) is 24.4. The number of carbonyl (C=O) groups is 3. The van der Waals surface area contributed by atoms with Crippen LogP contribution < -0.4 is 16.0 Å². The van der Waals surface area contributed by atoms with E-state index in [1.54, 1.807) is 27.0 Å². The van der Waals surface area contributed by atoms with Crippen molar-refractivity contribution in [1.82, 2.24) is 20.8 Å². The molecule has 218 valence electrons. The minimum absolute atomic E-state index is 0.00383. The highest BCUT2D eigenvalue weighted by atomic mass is 16.6. The van der Waals surface area contributed by atoms with Crippen LogP contribution in [0.5, 0.6) is 0 Å². The standard InChI is InChI=1S/C31H39N5O5/c1-19-15-16-32-20(2)26(19)21-11-13-23(14-12-21)34-29(38)27(22-9-7-6-8-10-22)35-28(37)24-18-40-36-25(24)17-33-30(39)41-31(3,4)5/h11-16,18,22,27H,6-10,17H2,1-5H3,(H,33,39)(H,34,38)(H,35,37). The Kier molecular flexibility index (Phi) is 9.42. The maximum Gasteiger partial charge on any atom is 0.407 e. The van der Waals surface area contributed by atoms with Crippen LogP contribution >= 0.6 is 0 Å². The number of hydrogen-bond acceptors (Lipinski definition) is 7. The third kappa shape index (κ3) is 7.93. The lowest BCUT2D eigenvalue weighted by Crippen LogP contribution is -2.49. The van der Waals surface area contributed by atoms with Crippen molar-refractivity contribution in [2.45, 2.75) is 84.9 Å². The van der Waals surface area contributed by atoms with E-state index >= 15 is 0 Å². The van der Waals surface area contributed by atoms with E-state index in [2.05, 4.69) is 26.1 Å². The third-order valence-electron chi connectivity index (χ3n) is 7.17. The van der Waals surface area contributed by atoms with E-state index in [1.807, 2.05) is 44.2 Å². The van der Waals surface area contributed by atoms with Crippen LogP contribution in [0, 0.1) is 19.8 Å². The van der Waals surface area contributed by atoms with Crippen LogP contribution in [0.2, 0.25) is 0 Å². The van der Waals surface area contributed by atoms with Gasteiger partial charge in [-0.2, -0.15) is 0 Å². The van der Waals surface area contributed by atoms with Crippen molar-refractivity contribution in [3.8, 4) is 11.1 Å². The minimum atomic E-state index is -0.744. The Balaban J connectivity index is 1.46. The molecule has 1 aliphatic carbocycles. The predicted molar refractivity (Wildman–Crippen MR) is 155 cm³/mol. The minimum Gasteiger partial charge on any atom is -0.444 e. The van der Waals surface area contributed by atoms with Gasteiger partial charge in [-0.3, -0.25) is 14.6 Å². The molecule has 0 aliphatic heterocycles. The van der Waals surface area contributed by atoms with Crippen molar-refractivity contribution in [3.63, 3.8) is 0 Å². The smallest absolute Gasteiger partial charge is 0.407 e. The van der Waals surface area contributed by atoms with Crippen LogP contribution in [0.15, 0.2) is 47.3 Å². The third-order valence-corrected chi connectivity index (χ3v) is 7.17. The summed E-state index contributed by atoms with van der Waals surface area (Å²) < 4.78 is 10.3. The summed E-state index contributed by atoms with van der Waals surface area (Å²) in [6.45, 7) is 9.24. The normalized spacial score (nSPS) is 14.7. The highest BCUT2D eigenvalue weighted by Crippen LogP contribution is 2.29. The summed E-state index contributed by atoms with van der Waals surface area (Å²) in [4.78, 5) is 43.4. The average Bonchev–Trinajstić information content (AvgIpc) is 3.40. The molecular weight excluding hydrogens is 522 g/mol. The van der Waals surface area contributed by atoms with Gasteiger partial charge in [-0.1, -0.05) is 36.6 Å². The number of anilines is 1. The molecule has 1 atom stereocenters. The molecule has 10 nitrogen and oxygen atoms in total. The van der Waals surface area contributed by atoms with E-state index in [-0.39, 0.29) is 29.6 Å². The number of hydrogen-bond donors (Lipinski definition) is 3. The van der Waals surface area contributed by atoms with Gasteiger partial charge in [0.25, 0.3) is 5.91 Å². The van der Waals surface area contributed by atoms with E-state index in [4.69, 9.17) is 9.26 Å². The number of benzene rings is 1. The predicted octanol–water partition coefficient (Wildman–Crippen LogP) is 5.70. The number of ether oxygens (including phenoxy) is 1. The van der Waals surface area contributed by atoms with Gasteiger partial charge in [0.05, 0.1) is 6.54 Å². The number of carbonyl (C=O) groups excluding carboxylic acids is 3. The van der Waals surface area contributed by atoms with Crippen molar-refractivity contribution in [2.24, 2.45) is 5.92 Å². The Morgan fingerprint density at radius 2 is 1.76 bits per heavy atom. The number of pyridine rings is 1. The quantitative estimate of drug-likeness (QED) is 0.321. The molecule has 3 N–H and O–H groups in total. The summed E-state index contributed by atoms with van der Waals surface area (Å²) >= 11 is 0. The molecule has 2 aromatic heterocycles. The summed E-state index contributed by atoms with van der Waals surface area (Å²) in [7, 11) is 0. The molecule has 1 unspecified atom stereocenters. The highest BCUT2D eigenvalue weighted by Gasteiger charge is 2.32. The van der Waals surface area contributed by atoms with Crippen LogP contribution in [0.1, 0.15) is 80.2 Å². The van der Waals surface area contributed by atoms with Gasteiger partial charge in [0.1, 0.15) is 29.2 Å². The van der Waals surface area contributed by atoms with Crippen molar-refractivity contribution >= 4 is 23.6 Å². The van der Waals surface area contributed by atoms with Gasteiger partial charge >= 0.3 is 6.09 Å². The molecule has 41 heavy (non-hydrogen) atoms. The van der Waals surface area contributed by atoms with Crippen molar-refractivity contribution in [1.29, 1.82) is 0 Å². The van der Waals surface area contributed by atoms with Crippen LogP contribution in [-0.2, 0) is 16.1 Å². The molecule has 1 aliphatic rings. The molecule has 3 amide bonds. The number of rotatable bonds is 8. The Bertz CT molecular complexity index is 1350. The van der Waals surface area contributed by atoms with Crippen molar-refractivity contribution in [3.05, 3.63) is 65.3 Å². The summed E-state index contributed by atoms with van der Waals surface area (Å²) in [5, 5.41) is 12.4. The van der Waals surface area contributed by atoms with Gasteiger partial charge < -0.3 is 25.2 Å². The molecule has 0 radical (unpaired) electrons. The lowest BCUT2D eigenvalue weighted by atomic mass is 9.83. The Morgan fingerprint density at radius 3 is 2.41 bits per heavy atom. The monoisotopic (exact) mass is 561 g/mol. The van der Waals surface area contributed by atoms with Crippen LogP contribution in [0.3, 0.4) is 0 Å². The zero-order valence-corrected chi connectivity index (χ0v) is 24.4. The second-order valence-electron chi connectivity index (χ2n) is 11.5. The van der Waals surface area contributed by atoms with Crippen LogP contribution in [0.4, 0.5) is 10.5 Å². The molecule has 1 fully saturated rings. The van der Waals surface area contributed by atoms with Crippen LogP contribution in [0.25, 0.3) is 11.1 Å². The zero-order chi connectivity index (χ0) is 29.6. The van der Waals surface area contributed by atoms with Gasteiger partial charge in [0.15, 0.2) is 0 Å². The number of nitrogens with zero attached hydrogens (tertiary/aromatic N) is 2. The van der Waals surface area contributed by atoms with E-state index in [9.17, 15) is 14.4 Å². The number of aryl methyl sites for hydroxylation is 2. The van der Waals surface area contributed by atoms with Gasteiger partial charge in [-0.15, -0.1) is 0 Å². The van der Waals surface area contributed by atoms with Crippen LogP contribution in [-0.4, -0.2) is 39.7 Å². The van der Waals surface area contributed by atoms with Crippen molar-refractivity contribution < 1.29 is 23.6 Å². The Hall–Kier alpha value is -4.21. The SMILES string of the molecule is Cc1ccnc(C)c1-c1ccc(NC(=O)C(NC(=O)c2conc2CNC(=O)OC(C)(C)C)C2CCCCC2)cc1. The number of aromatic nitrogens is 2. The summed E-state index contributed by atoms with van der Waals surface area (Å²) in [6, 6.07) is 8.87. The molecule has 1 aromatic carbocycles. The van der Waals surface area contributed by atoms with E-state index in [0.717, 1.165) is 54.5 Å². The first-order valence-corrected chi connectivity index (χ1v) is 14.1. The van der Waals surface area contributed by atoms with E-state index in [0.29, 0.717) is 5.69 Å². The second-order valence-corrected chi connectivity index (χ2v) is 11.5. The maximum absolute atomic E-state index is 13.6. The molecule has 0 bridgehead atoms. The molecule has 1 saturated carbocycles. The van der Waals surface area contributed by atoms with Gasteiger partial charge in [0.2, 0.25) is 5.91 Å². The largest absolute Gasteiger partial charge is 0.444 e. The first-order chi connectivity index (χ1) is 19.5. The fraction of sp³-hybridized carbons (Fsp3) is 0.452. The molecule has 10 heteroatoms. The molecule has 2 heterocycles. The Labute approximate surface area is 240 Å². The lowest BCUT2D eigenvalue weighted by molar-refractivity contribution is -0.119. The van der Waals surface area contributed by atoms with E-state index in [1.165, 1.54) is 6.26 Å². The van der Waals surface area contributed by atoms with Crippen molar-refractivity contribution in [2.75, 3.05) is 5.32 Å². The lowest BCUT2D eigenvalue weighted by Gasteiger charge is -2.30. The van der Waals surface area contributed by atoms with Gasteiger partial charge in [0, 0.05) is 23.1 Å². The molecule has 0 spiro atoms. The van der Waals surface area contributed by atoms with E-state index < -0.39 is 23.6 Å². The summed E-state index contributed by atoms with van der Waals surface area (Å²) in [5.41, 5.74) is 4.53. The number of alkyl carbamates (subject to hydrolysis) is 1. The fourth-order valence-electron chi connectivity index (χ4n) is 5.20. The number of nitrogens with one attached hydrogen (secondary N) is 3. The first kappa shape index (κ1) is 29.8. The first-order valence-electron chi connectivity index (χ1n) is 14.1. The maximum atomic E-state index is 13.6. The van der Waals surface area contributed by atoms with Gasteiger partial charge in [-0.25, -0.2) is 4.79 Å². The molecule has 4 rings (SSSR count). The molecular formula is C31H39N5O5. The highest BCUT2D eigenvalue weighted by molar-refractivity contribution is 6.01.